The zero-order chi connectivity index (χ0) is 103. The Balaban J connectivity index is 0.000000129. The number of nitrogens with zero attached hydrogens (tertiary/aromatic N) is 13. The molecule has 3 amide bonds. The first-order chi connectivity index (χ1) is 70.2. The third-order valence-corrected chi connectivity index (χ3v) is 34.5. The number of pyridine rings is 2. The molecule has 0 spiro atoms. The van der Waals surface area contributed by atoms with E-state index < -0.39 is 29.1 Å². The van der Waals surface area contributed by atoms with Crippen molar-refractivity contribution >= 4 is 196 Å². The van der Waals surface area contributed by atoms with Gasteiger partial charge in [0, 0.05) is 91.2 Å². The van der Waals surface area contributed by atoms with E-state index >= 15 is 0 Å². The number of likely N-dealkylation sites (N-methyl/N-ethyl adjacent to an activating group) is 1. The second-order valence-corrected chi connectivity index (χ2v) is 48.6. The summed E-state index contributed by atoms with van der Waals surface area (Å²) in [6.45, 7) is 18.4. The number of aryl methyl sites for hydroxylation is 10. The number of nitrogens with one attached hydrogen (secondary N) is 7. The number of ether oxygens (including phenoxy) is 4. The van der Waals surface area contributed by atoms with E-state index in [2.05, 4.69) is 114 Å². The summed E-state index contributed by atoms with van der Waals surface area (Å²) in [6, 6.07) is 11.0. The molecule has 0 saturated heterocycles. The predicted molar refractivity (Wildman–Crippen MR) is 591 cm³/mol. The lowest BCUT2D eigenvalue weighted by Gasteiger charge is -2.34. The molecule has 0 aromatic carbocycles. The molecular formula is C107H145Cl2N23O9S5. The van der Waals surface area contributed by atoms with Crippen LogP contribution >= 0.6 is 79.9 Å². The SMILES string of the molecule is CC(C)(C)OC(=O)NC1CCC(Nc2ncnc3sc4c(c23)CCC4)CC1.CC(C)(C)OC(=O)OC(=O)OC(C)(C)C.CCC1CCC(Nc2ncnc3sc4c(c23)CCC4)CC1.CN(CC(=O)Nc1cccnc1)C1CCC(Nc2ncnc3sc4c(c23)CCC4)CC1.Clc1ncnc2sc3c(c12)CCC3.NC1CCC(N)CC1.NC1CCC(Nc2ncnc3sc4c(c23)CCC4)CC1.O=C(CCl)Nc1cccnc1. The largest absolute Gasteiger partial charge is 0.519 e. The van der Waals surface area contributed by atoms with Gasteiger partial charge in [-0.15, -0.1) is 68.3 Å². The molecule has 0 aliphatic heterocycles. The Labute approximate surface area is 886 Å². The minimum atomic E-state index is -1.06. The number of alkyl carbamates (subject to hydrolysis) is 1. The van der Waals surface area contributed by atoms with Gasteiger partial charge in [0.15, 0.2) is 0 Å². The highest BCUT2D eigenvalue weighted by atomic mass is 35.5. The van der Waals surface area contributed by atoms with Crippen molar-refractivity contribution in [3.63, 3.8) is 0 Å². The molecule has 22 rings (SSSR count). The monoisotopic (exact) mass is 2130 g/mol. The minimum Gasteiger partial charge on any atom is -0.444 e. The normalized spacial score (nSPS) is 21.2. The lowest BCUT2D eigenvalue weighted by atomic mass is 9.84. The van der Waals surface area contributed by atoms with Gasteiger partial charge < -0.3 is 73.4 Å². The van der Waals surface area contributed by atoms with Crippen molar-refractivity contribution in [1.82, 2.24) is 70.0 Å². The second-order valence-electron chi connectivity index (χ2n) is 42.6. The van der Waals surface area contributed by atoms with Crippen LogP contribution in [0.5, 0.6) is 0 Å². The number of nitrogens with two attached hydrogens (primary N) is 3. The van der Waals surface area contributed by atoms with Crippen LogP contribution in [0.1, 0.15) is 288 Å². The summed E-state index contributed by atoms with van der Waals surface area (Å²) in [5, 5.41) is 30.1. The van der Waals surface area contributed by atoms with Crippen LogP contribution in [0.25, 0.3) is 51.1 Å². The van der Waals surface area contributed by atoms with Crippen LogP contribution in [-0.2, 0) is 92.7 Å². The smallest absolute Gasteiger partial charge is 0.444 e. The van der Waals surface area contributed by atoms with E-state index in [0.717, 1.165) is 182 Å². The first-order valence-corrected chi connectivity index (χ1v) is 57.2. The van der Waals surface area contributed by atoms with E-state index in [1.807, 2.05) is 85.3 Å². The van der Waals surface area contributed by atoms with Crippen LogP contribution < -0.4 is 54.4 Å². The average molecular weight is 2130 g/mol. The summed E-state index contributed by atoms with van der Waals surface area (Å²) >= 11 is 20.5. The highest BCUT2D eigenvalue weighted by Crippen LogP contribution is 2.46. The molecule has 39 heteroatoms. The molecule has 32 nitrogen and oxygen atoms in total. The molecule has 146 heavy (non-hydrogen) atoms. The summed E-state index contributed by atoms with van der Waals surface area (Å²) < 4.78 is 19.2. The van der Waals surface area contributed by atoms with Crippen molar-refractivity contribution in [2.45, 2.75) is 372 Å². The third kappa shape index (κ3) is 31.4. The van der Waals surface area contributed by atoms with Crippen LogP contribution in [0, 0.1) is 5.92 Å². The number of halogens is 2. The maximum absolute atomic E-state index is 12.4. The molecule has 5 saturated carbocycles. The average Bonchev–Trinajstić information content (AvgIpc) is 1.64. The van der Waals surface area contributed by atoms with Gasteiger partial charge in [-0.1, -0.05) is 24.9 Å². The Morgan fingerprint density at radius 1 is 0.397 bits per heavy atom. The molecule has 5 fully saturated rings. The summed E-state index contributed by atoms with van der Waals surface area (Å²) in [5.41, 5.74) is 24.2. The molecular weight excluding hydrogens is 1980 g/mol. The number of carbonyl (C=O) groups is 5. The number of hydrogen-bond acceptors (Lipinski definition) is 34. The zero-order valence-corrected chi connectivity index (χ0v) is 91.8. The molecule has 10 aliphatic carbocycles. The van der Waals surface area contributed by atoms with Crippen LogP contribution in [0.3, 0.4) is 0 Å². The number of rotatable bonds is 16. The molecule has 0 radical (unpaired) electrons. The van der Waals surface area contributed by atoms with Gasteiger partial charge in [-0.3, -0.25) is 24.5 Å². The fraction of sp³-hybridized carbons (Fsp3) is 0.579. The Kier molecular flexibility index (Phi) is 39.3. The summed E-state index contributed by atoms with van der Waals surface area (Å²) in [5.74, 6) is 4.84. The van der Waals surface area contributed by atoms with E-state index in [1.54, 1.807) is 120 Å². The minimum absolute atomic E-state index is 0.00504. The van der Waals surface area contributed by atoms with Gasteiger partial charge in [0.2, 0.25) is 11.8 Å². The molecule has 0 unspecified atom stereocenters. The number of fused-ring (bicyclic) bond motifs is 15. The van der Waals surface area contributed by atoms with E-state index in [9.17, 15) is 24.0 Å². The number of amides is 3. The molecule has 12 aromatic rings. The predicted octanol–water partition coefficient (Wildman–Crippen LogP) is 22.9. The zero-order valence-electron chi connectivity index (χ0n) is 86.2. The summed E-state index contributed by atoms with van der Waals surface area (Å²) in [6.07, 6.45) is 54.5. The van der Waals surface area contributed by atoms with Gasteiger partial charge in [0.05, 0.1) is 57.2 Å². The Morgan fingerprint density at radius 3 is 1.04 bits per heavy atom. The summed E-state index contributed by atoms with van der Waals surface area (Å²) in [4.78, 5) is 125. The van der Waals surface area contributed by atoms with E-state index in [1.165, 1.54) is 189 Å². The number of alkyl halides is 1. The van der Waals surface area contributed by atoms with Crippen LogP contribution in [0.2, 0.25) is 5.15 Å². The Morgan fingerprint density at radius 2 is 0.705 bits per heavy atom. The van der Waals surface area contributed by atoms with Crippen molar-refractivity contribution in [2.75, 3.05) is 51.4 Å². The maximum Gasteiger partial charge on any atom is 0.519 e. The highest BCUT2D eigenvalue weighted by molar-refractivity contribution is 7.20. The first-order valence-electron chi connectivity index (χ1n) is 52.2. The molecule has 13 N–H and O–H groups in total. The maximum atomic E-state index is 12.4. The van der Waals surface area contributed by atoms with E-state index in [0.29, 0.717) is 65.7 Å². The van der Waals surface area contributed by atoms with Gasteiger partial charge in [-0.25, -0.2) is 64.2 Å². The number of anilines is 6. The van der Waals surface area contributed by atoms with Crippen molar-refractivity contribution in [3.05, 3.63) is 138 Å². The van der Waals surface area contributed by atoms with E-state index in [4.69, 9.17) is 54.6 Å². The lowest BCUT2D eigenvalue weighted by molar-refractivity contribution is -0.117. The van der Waals surface area contributed by atoms with Crippen LogP contribution in [-0.4, -0.2) is 186 Å². The number of carbonyl (C=O) groups excluding carboxylic acids is 5. The number of thiophene rings is 5. The molecule has 0 atom stereocenters. The van der Waals surface area contributed by atoms with E-state index in [-0.39, 0.29) is 29.8 Å². The fourth-order valence-electron chi connectivity index (χ4n) is 20.7. The third-order valence-electron chi connectivity index (χ3n) is 28.0. The molecule has 0 bridgehead atoms. The molecule has 12 heterocycles. The van der Waals surface area contributed by atoms with Crippen molar-refractivity contribution in [2.24, 2.45) is 23.1 Å². The van der Waals surface area contributed by atoms with Crippen molar-refractivity contribution in [1.29, 1.82) is 0 Å². The van der Waals surface area contributed by atoms with Crippen LogP contribution in [0.4, 0.5) is 49.0 Å². The van der Waals surface area contributed by atoms with Crippen LogP contribution in [0.15, 0.2) is 80.7 Å². The Hall–Kier alpha value is -9.93. The summed E-state index contributed by atoms with van der Waals surface area (Å²) in [7, 11) is 2.05. The fourth-order valence-corrected chi connectivity index (χ4v) is 27.2. The lowest BCUT2D eigenvalue weighted by Crippen LogP contribution is -2.42. The standard InChI is InChI=1S/C23H28N6OS.C20H28N4O2S.C17H23N3S.C15H20N4S.C10H18O5.C9H7ClN2S.C7H7ClN2O.C6H14N2/c1-29(13-20(30)27-16-4-3-11-24-12-16)17-9-7-15(8-10-17)28-22-21-18-5-2-6-19(18)31-23(21)26-14-25-22;1-20(2,3)26-19(25)24-13-9-7-12(8-10-13)23-17-16-14-5-4-6-15(14)27-18(16)22-11-21-17;1-2-11-6-8-12(9-7-11)20-16-15-13-4-3-5-14(13)21-17(15)19-10-18-16;16-9-4-6-10(7-5-9)19-14-13-11-2-1-3-12(11)20-15(13)18-8-17-14;1-9(2,3)14-7(11)13-8(12)15-10(4,5)6;10-8-7-5-2-1-3-6(5)13-9(7)12-4-11-8;8-4-7(11)10-6-2-1-3-9-5-6;7-5-1-2-6(8)4-3-5/h3-4,11-12,14-15,17H,2,5-10,13H2,1H3,(H,27,30)(H,25,26,28);11-13H,4-10H2,1-3H3,(H,24,25)(H,21,22,23);10-12H,2-9H2,1H3,(H,18,19,20);8-10H,1-7,16H2,(H,17,18,19);1-6H3;4H,1-3H2;1-3,5H,4H2,(H,10,11);5-6H,1-4,7-8H2. The molecule has 12 aromatic heterocycles. The topological polar surface area (TPSA) is 442 Å². The van der Waals surface area contributed by atoms with Gasteiger partial charge in [-0.05, 0) is 352 Å². The van der Waals surface area contributed by atoms with Gasteiger partial charge in [0.1, 0.15) is 107 Å². The Bertz CT molecular complexity index is 6290. The molecule has 10 aliphatic rings. The molecule has 786 valence electrons. The van der Waals surface area contributed by atoms with Crippen molar-refractivity contribution < 1.29 is 42.9 Å². The quantitative estimate of drug-likeness (QED) is 0.0141. The van der Waals surface area contributed by atoms with Gasteiger partial charge >= 0.3 is 18.4 Å². The number of aromatic nitrogens is 12. The van der Waals surface area contributed by atoms with Gasteiger partial charge in [0.25, 0.3) is 0 Å². The number of hydrogen-bond donors (Lipinski definition) is 10. The van der Waals surface area contributed by atoms with Crippen molar-refractivity contribution in [3.8, 4) is 0 Å². The van der Waals surface area contributed by atoms with Gasteiger partial charge in [-0.2, -0.15) is 0 Å². The highest BCUT2D eigenvalue weighted by Gasteiger charge is 2.34. The second kappa shape index (κ2) is 52.0. The first kappa shape index (κ1) is 110.